The summed E-state index contributed by atoms with van der Waals surface area (Å²) in [6.07, 6.45) is 6.89. The third kappa shape index (κ3) is 2.79. The summed E-state index contributed by atoms with van der Waals surface area (Å²) >= 11 is 0. The fourth-order valence-electron chi connectivity index (χ4n) is 1.87. The molecule has 0 aliphatic carbocycles. The second-order valence-electron chi connectivity index (χ2n) is 3.87. The van der Waals surface area contributed by atoms with Crippen molar-refractivity contribution in [1.82, 2.24) is 9.55 Å². The van der Waals surface area contributed by atoms with Crippen molar-refractivity contribution in [2.24, 2.45) is 5.73 Å². The Morgan fingerprint density at radius 3 is 2.80 bits per heavy atom. The number of hydrogen-bond acceptors (Lipinski definition) is 3. The smallest absolute Gasteiger partial charge is 0.0951 e. The maximum Gasteiger partial charge on any atom is 0.0951 e. The van der Waals surface area contributed by atoms with Crippen molar-refractivity contribution >= 4 is 0 Å². The van der Waals surface area contributed by atoms with Crippen LogP contribution in [0.1, 0.15) is 50.9 Å². The van der Waals surface area contributed by atoms with Gasteiger partial charge in [0.2, 0.25) is 0 Å². The fourth-order valence-corrected chi connectivity index (χ4v) is 1.87. The first-order chi connectivity index (χ1) is 7.24. The molecule has 0 radical (unpaired) electrons. The van der Waals surface area contributed by atoms with E-state index in [4.69, 9.17) is 10.8 Å². The van der Waals surface area contributed by atoms with Crippen LogP contribution in [0, 0.1) is 0 Å². The summed E-state index contributed by atoms with van der Waals surface area (Å²) in [5, 5.41) is 9.05. The number of hydrogen-bond donors (Lipinski definition) is 2. The molecule has 0 bridgehead atoms. The summed E-state index contributed by atoms with van der Waals surface area (Å²) in [5.41, 5.74) is 6.75. The first-order valence-corrected chi connectivity index (χ1v) is 5.62. The lowest BCUT2D eigenvalue weighted by molar-refractivity contribution is 0.260. The Hall–Kier alpha value is -0.870. The van der Waals surface area contributed by atoms with Crippen LogP contribution in [-0.2, 0) is 0 Å². The van der Waals surface area contributed by atoms with Crippen molar-refractivity contribution in [1.29, 1.82) is 0 Å². The van der Waals surface area contributed by atoms with Gasteiger partial charge in [-0.1, -0.05) is 20.3 Å². The maximum atomic E-state index is 9.05. The standard InChI is InChI=1S/C11H21N3O/c1-3-5-9(4-2)14-8-13-6-11(14)10(12)7-15/h6,8-10,15H,3-5,7,12H2,1-2H3. The van der Waals surface area contributed by atoms with Crippen molar-refractivity contribution in [3.05, 3.63) is 18.2 Å². The zero-order valence-electron chi connectivity index (χ0n) is 9.56. The SMILES string of the molecule is CCCC(CC)n1cncc1C(N)CO. The second kappa shape index (κ2) is 5.88. The molecule has 4 nitrogen and oxygen atoms in total. The zero-order valence-corrected chi connectivity index (χ0v) is 9.56. The van der Waals surface area contributed by atoms with E-state index in [-0.39, 0.29) is 12.6 Å². The Morgan fingerprint density at radius 2 is 2.27 bits per heavy atom. The number of aliphatic hydroxyl groups is 1. The van der Waals surface area contributed by atoms with Crippen molar-refractivity contribution in [2.75, 3.05) is 6.61 Å². The summed E-state index contributed by atoms with van der Waals surface area (Å²) in [6, 6.07) is 0.128. The van der Waals surface area contributed by atoms with Crippen molar-refractivity contribution in [3.8, 4) is 0 Å². The van der Waals surface area contributed by atoms with Crippen molar-refractivity contribution in [2.45, 2.75) is 45.2 Å². The molecule has 0 aliphatic rings. The first kappa shape index (κ1) is 12.2. The summed E-state index contributed by atoms with van der Waals surface area (Å²) in [6.45, 7) is 4.30. The largest absolute Gasteiger partial charge is 0.394 e. The van der Waals surface area contributed by atoms with Gasteiger partial charge in [0.15, 0.2) is 0 Å². The van der Waals surface area contributed by atoms with Gasteiger partial charge in [-0.3, -0.25) is 0 Å². The lowest BCUT2D eigenvalue weighted by Crippen LogP contribution is -2.21. The average molecular weight is 211 g/mol. The van der Waals surface area contributed by atoms with Gasteiger partial charge in [-0.25, -0.2) is 4.98 Å². The minimum atomic E-state index is -0.321. The number of rotatable bonds is 6. The highest BCUT2D eigenvalue weighted by Gasteiger charge is 2.15. The van der Waals surface area contributed by atoms with Crippen LogP contribution < -0.4 is 5.73 Å². The van der Waals surface area contributed by atoms with E-state index in [1.54, 1.807) is 6.20 Å². The predicted octanol–water partition coefficient (Wildman–Crippen LogP) is 1.63. The zero-order chi connectivity index (χ0) is 11.3. The molecule has 0 saturated carbocycles. The van der Waals surface area contributed by atoms with E-state index in [1.165, 1.54) is 0 Å². The van der Waals surface area contributed by atoms with Crippen LogP contribution in [0.25, 0.3) is 0 Å². The van der Waals surface area contributed by atoms with Gasteiger partial charge >= 0.3 is 0 Å². The monoisotopic (exact) mass is 211 g/mol. The summed E-state index contributed by atoms with van der Waals surface area (Å²) in [5.74, 6) is 0. The van der Waals surface area contributed by atoms with Crippen molar-refractivity contribution in [3.63, 3.8) is 0 Å². The molecule has 3 N–H and O–H groups in total. The van der Waals surface area contributed by atoms with Crippen molar-refractivity contribution < 1.29 is 5.11 Å². The molecule has 0 aliphatic heterocycles. The molecule has 4 heteroatoms. The van der Waals surface area contributed by atoms with Crippen LogP contribution in [-0.4, -0.2) is 21.3 Å². The Labute approximate surface area is 91.1 Å². The average Bonchev–Trinajstić information content (AvgIpc) is 2.73. The van der Waals surface area contributed by atoms with Gasteiger partial charge in [0.25, 0.3) is 0 Å². The van der Waals surface area contributed by atoms with Crippen LogP contribution in [0.4, 0.5) is 0 Å². The maximum absolute atomic E-state index is 9.05. The Balaban J connectivity index is 2.86. The van der Waals surface area contributed by atoms with E-state index in [2.05, 4.69) is 23.4 Å². The lowest BCUT2D eigenvalue weighted by atomic mass is 10.1. The molecule has 0 amide bonds. The van der Waals surface area contributed by atoms with Gasteiger partial charge < -0.3 is 15.4 Å². The number of aromatic nitrogens is 2. The van der Waals surface area contributed by atoms with E-state index in [9.17, 15) is 0 Å². The molecule has 0 saturated heterocycles. The molecule has 86 valence electrons. The van der Waals surface area contributed by atoms with E-state index >= 15 is 0 Å². The molecule has 1 heterocycles. The van der Waals surface area contributed by atoms with Crippen LogP contribution in [0.15, 0.2) is 12.5 Å². The molecule has 0 spiro atoms. The molecule has 0 fully saturated rings. The summed E-state index contributed by atoms with van der Waals surface area (Å²) in [7, 11) is 0. The van der Waals surface area contributed by atoms with E-state index in [0.717, 1.165) is 25.0 Å². The molecular weight excluding hydrogens is 190 g/mol. The first-order valence-electron chi connectivity index (χ1n) is 5.62. The highest BCUT2D eigenvalue weighted by molar-refractivity contribution is 5.06. The molecular formula is C11H21N3O. The van der Waals surface area contributed by atoms with Crippen LogP contribution in [0.3, 0.4) is 0 Å². The van der Waals surface area contributed by atoms with Crippen LogP contribution in [0.2, 0.25) is 0 Å². The Bertz CT molecular complexity index is 285. The van der Waals surface area contributed by atoms with Crippen LogP contribution in [0.5, 0.6) is 0 Å². The van der Waals surface area contributed by atoms with Gasteiger partial charge in [0.1, 0.15) is 0 Å². The van der Waals surface area contributed by atoms with Crippen LogP contribution >= 0.6 is 0 Å². The normalized spacial score (nSPS) is 15.2. The second-order valence-corrected chi connectivity index (χ2v) is 3.87. The molecule has 2 atom stereocenters. The predicted molar refractivity (Wildman–Crippen MR) is 60.5 cm³/mol. The topological polar surface area (TPSA) is 64.1 Å². The fraction of sp³-hybridized carbons (Fsp3) is 0.727. The van der Waals surface area contributed by atoms with Gasteiger partial charge in [0.05, 0.1) is 24.7 Å². The minimum absolute atomic E-state index is 0.0335. The Morgan fingerprint density at radius 1 is 1.53 bits per heavy atom. The Kier molecular flexibility index (Phi) is 4.78. The quantitative estimate of drug-likeness (QED) is 0.751. The molecule has 1 aromatic rings. The molecule has 15 heavy (non-hydrogen) atoms. The highest BCUT2D eigenvalue weighted by atomic mass is 16.3. The lowest BCUT2D eigenvalue weighted by Gasteiger charge is -2.20. The number of aliphatic hydroxyl groups excluding tert-OH is 1. The number of nitrogens with two attached hydrogens (primary N) is 1. The van der Waals surface area contributed by atoms with E-state index in [0.29, 0.717) is 6.04 Å². The third-order valence-electron chi connectivity index (χ3n) is 2.76. The van der Waals surface area contributed by atoms with Gasteiger partial charge in [-0.15, -0.1) is 0 Å². The molecule has 0 aromatic carbocycles. The number of imidazole rings is 1. The summed E-state index contributed by atoms with van der Waals surface area (Å²) < 4.78 is 2.10. The van der Waals surface area contributed by atoms with E-state index in [1.807, 2.05) is 6.33 Å². The van der Waals surface area contributed by atoms with E-state index < -0.39 is 0 Å². The number of nitrogens with zero attached hydrogens (tertiary/aromatic N) is 2. The van der Waals surface area contributed by atoms with Gasteiger partial charge in [0, 0.05) is 12.2 Å². The molecule has 2 unspecified atom stereocenters. The summed E-state index contributed by atoms with van der Waals surface area (Å²) in [4.78, 5) is 4.11. The highest BCUT2D eigenvalue weighted by Crippen LogP contribution is 2.22. The molecule has 1 aromatic heterocycles. The third-order valence-corrected chi connectivity index (χ3v) is 2.76. The molecule has 1 rings (SSSR count). The van der Waals surface area contributed by atoms with Gasteiger partial charge in [-0.2, -0.15) is 0 Å². The minimum Gasteiger partial charge on any atom is -0.394 e. The van der Waals surface area contributed by atoms with Gasteiger partial charge in [-0.05, 0) is 12.8 Å².